The first-order valence-corrected chi connectivity index (χ1v) is 5.20. The van der Waals surface area contributed by atoms with Crippen LogP contribution in [-0.4, -0.2) is 35.0 Å². The molecule has 1 N–H and O–H groups in total. The zero-order valence-electron chi connectivity index (χ0n) is 9.83. The summed E-state index contributed by atoms with van der Waals surface area (Å²) in [6.45, 7) is 2.32. The molecule has 4 nitrogen and oxygen atoms in total. The maximum atomic E-state index is 12.7. The molecule has 0 unspecified atom stereocenters. The van der Waals surface area contributed by atoms with Crippen LogP contribution in [0.25, 0.3) is 0 Å². The third-order valence-electron chi connectivity index (χ3n) is 1.82. The predicted octanol–water partition coefficient (Wildman–Crippen LogP) is 2.58. The number of nitrogens with one attached hydrogen (secondary N) is 1. The maximum Gasteiger partial charge on any atom is 0.324 e. The number of ether oxygens (including phenoxy) is 1. The van der Waals surface area contributed by atoms with Gasteiger partial charge in [-0.25, -0.2) is 18.7 Å². The van der Waals surface area contributed by atoms with Crippen LogP contribution in [0, 0.1) is 0 Å². The highest BCUT2D eigenvalue weighted by Gasteiger charge is 2.40. The summed E-state index contributed by atoms with van der Waals surface area (Å²) in [6, 6.07) is 1.27. The van der Waals surface area contributed by atoms with Crippen molar-refractivity contribution in [2.45, 2.75) is 32.3 Å². The Hall–Kier alpha value is -1.60. The second-order valence-corrected chi connectivity index (χ2v) is 3.82. The normalized spacial score (nSPS) is 12.0. The lowest BCUT2D eigenvalue weighted by Gasteiger charge is -2.16. The lowest BCUT2D eigenvalue weighted by Crippen LogP contribution is -2.35. The largest absolute Gasteiger partial charge is 0.475 e. The predicted molar refractivity (Wildman–Crippen MR) is 57.2 cm³/mol. The lowest BCUT2D eigenvalue weighted by atomic mass is 10.3. The third-order valence-corrected chi connectivity index (χ3v) is 1.82. The fourth-order valence-corrected chi connectivity index (χ4v) is 1.03. The van der Waals surface area contributed by atoms with Gasteiger partial charge in [-0.3, -0.25) is 0 Å². The van der Waals surface area contributed by atoms with Gasteiger partial charge in [0.25, 0.3) is 0 Å². The maximum absolute atomic E-state index is 12.7. The summed E-state index contributed by atoms with van der Waals surface area (Å²) in [5.41, 5.74) is 0. The standard InChI is InChI=1S/C10H13F4N3O/c1-6(2)18-8-3-7(16-5-17-8)15-4-10(13,14)9(11)12/h3,5-6,9H,4H2,1-2H3,(H,15,16,17). The van der Waals surface area contributed by atoms with Gasteiger partial charge in [0.15, 0.2) is 0 Å². The van der Waals surface area contributed by atoms with Gasteiger partial charge in [-0.05, 0) is 13.8 Å². The van der Waals surface area contributed by atoms with Crippen molar-refractivity contribution in [2.24, 2.45) is 0 Å². The van der Waals surface area contributed by atoms with Gasteiger partial charge in [-0.2, -0.15) is 8.78 Å². The van der Waals surface area contributed by atoms with E-state index in [4.69, 9.17) is 4.74 Å². The second kappa shape index (κ2) is 5.83. The minimum Gasteiger partial charge on any atom is -0.475 e. The third kappa shape index (κ3) is 4.34. The molecule has 1 rings (SSSR count). The van der Waals surface area contributed by atoms with Crippen molar-refractivity contribution in [1.29, 1.82) is 0 Å². The summed E-state index contributed by atoms with van der Waals surface area (Å²) in [4.78, 5) is 7.38. The van der Waals surface area contributed by atoms with Crippen LogP contribution < -0.4 is 10.1 Å². The van der Waals surface area contributed by atoms with Crippen molar-refractivity contribution in [2.75, 3.05) is 11.9 Å². The topological polar surface area (TPSA) is 47.0 Å². The first-order valence-electron chi connectivity index (χ1n) is 5.20. The number of alkyl halides is 4. The molecule has 0 aromatic carbocycles. The molecule has 0 aliphatic rings. The van der Waals surface area contributed by atoms with E-state index in [1.807, 2.05) is 0 Å². The van der Waals surface area contributed by atoms with Crippen LogP contribution in [0.1, 0.15) is 13.8 Å². The van der Waals surface area contributed by atoms with Crippen molar-refractivity contribution in [1.82, 2.24) is 9.97 Å². The number of anilines is 1. The van der Waals surface area contributed by atoms with Crippen molar-refractivity contribution in [3.8, 4) is 5.88 Å². The first kappa shape index (κ1) is 14.5. The van der Waals surface area contributed by atoms with Crippen LogP contribution in [0.15, 0.2) is 12.4 Å². The SMILES string of the molecule is CC(C)Oc1cc(NCC(F)(F)C(F)F)ncn1. The van der Waals surface area contributed by atoms with Crippen LogP contribution >= 0.6 is 0 Å². The molecule has 0 aliphatic heterocycles. The van der Waals surface area contributed by atoms with Gasteiger partial charge < -0.3 is 10.1 Å². The van der Waals surface area contributed by atoms with E-state index < -0.39 is 18.9 Å². The number of nitrogens with zero attached hydrogens (tertiary/aromatic N) is 2. The molecule has 0 saturated carbocycles. The molecule has 0 amide bonds. The van der Waals surface area contributed by atoms with Crippen molar-refractivity contribution >= 4 is 5.82 Å². The molecule has 0 saturated heterocycles. The van der Waals surface area contributed by atoms with E-state index in [2.05, 4.69) is 15.3 Å². The average Bonchev–Trinajstić information content (AvgIpc) is 2.26. The average molecular weight is 267 g/mol. The molecule has 0 aliphatic carbocycles. The van der Waals surface area contributed by atoms with Gasteiger partial charge in [0, 0.05) is 6.07 Å². The smallest absolute Gasteiger partial charge is 0.324 e. The van der Waals surface area contributed by atoms with Crippen LogP contribution in [0.2, 0.25) is 0 Å². The molecule has 0 radical (unpaired) electrons. The summed E-state index contributed by atoms with van der Waals surface area (Å²) >= 11 is 0. The molecule has 0 atom stereocenters. The Balaban J connectivity index is 2.63. The van der Waals surface area contributed by atoms with Crippen LogP contribution in [0.3, 0.4) is 0 Å². The van der Waals surface area contributed by atoms with E-state index in [9.17, 15) is 17.6 Å². The minimum atomic E-state index is -4.11. The van der Waals surface area contributed by atoms with Gasteiger partial charge in [0.05, 0.1) is 12.6 Å². The van der Waals surface area contributed by atoms with E-state index in [1.54, 1.807) is 13.8 Å². The van der Waals surface area contributed by atoms with Crippen LogP contribution in [0.5, 0.6) is 5.88 Å². The highest BCUT2D eigenvalue weighted by atomic mass is 19.3. The summed E-state index contributed by atoms with van der Waals surface area (Å²) < 4.78 is 54.4. The van der Waals surface area contributed by atoms with Gasteiger partial charge in [0.2, 0.25) is 5.88 Å². The monoisotopic (exact) mass is 267 g/mol. The Morgan fingerprint density at radius 2 is 2.00 bits per heavy atom. The second-order valence-electron chi connectivity index (χ2n) is 3.82. The van der Waals surface area contributed by atoms with E-state index >= 15 is 0 Å². The molecule has 8 heteroatoms. The van der Waals surface area contributed by atoms with E-state index in [0.717, 1.165) is 6.33 Å². The summed E-state index contributed by atoms with van der Waals surface area (Å²) in [6.07, 6.45) is -2.77. The Morgan fingerprint density at radius 3 is 2.56 bits per heavy atom. The van der Waals surface area contributed by atoms with Crippen LogP contribution in [-0.2, 0) is 0 Å². The highest BCUT2D eigenvalue weighted by Crippen LogP contribution is 2.23. The number of halogens is 4. The Kier molecular flexibility index (Phi) is 4.69. The molecular weight excluding hydrogens is 254 g/mol. The first-order chi connectivity index (χ1) is 8.31. The van der Waals surface area contributed by atoms with Crippen molar-refractivity contribution in [3.05, 3.63) is 12.4 Å². The fraction of sp³-hybridized carbons (Fsp3) is 0.600. The van der Waals surface area contributed by atoms with Gasteiger partial charge in [-0.1, -0.05) is 0 Å². The Morgan fingerprint density at radius 1 is 1.33 bits per heavy atom. The van der Waals surface area contributed by atoms with Gasteiger partial charge in [-0.15, -0.1) is 0 Å². The van der Waals surface area contributed by atoms with E-state index in [1.165, 1.54) is 6.07 Å². The number of hydrogen-bond donors (Lipinski definition) is 1. The highest BCUT2D eigenvalue weighted by molar-refractivity contribution is 5.37. The molecule has 18 heavy (non-hydrogen) atoms. The zero-order valence-corrected chi connectivity index (χ0v) is 9.83. The summed E-state index contributed by atoms with van der Waals surface area (Å²) in [5.74, 6) is -3.92. The van der Waals surface area contributed by atoms with Gasteiger partial charge >= 0.3 is 12.3 Å². The van der Waals surface area contributed by atoms with Crippen molar-refractivity contribution < 1.29 is 22.3 Å². The Bertz CT molecular complexity index is 387. The molecule has 0 spiro atoms. The zero-order chi connectivity index (χ0) is 13.8. The number of hydrogen-bond acceptors (Lipinski definition) is 4. The van der Waals surface area contributed by atoms with E-state index in [-0.39, 0.29) is 17.8 Å². The van der Waals surface area contributed by atoms with Gasteiger partial charge in [0.1, 0.15) is 12.1 Å². The molecule has 102 valence electrons. The Labute approximate surface area is 101 Å². The molecule has 1 heterocycles. The minimum absolute atomic E-state index is 0.000903. The summed E-state index contributed by atoms with van der Waals surface area (Å²) in [5, 5.41) is 2.12. The molecular formula is C10H13F4N3O. The molecule has 1 aromatic rings. The van der Waals surface area contributed by atoms with Crippen molar-refractivity contribution in [3.63, 3.8) is 0 Å². The fourth-order valence-electron chi connectivity index (χ4n) is 1.03. The van der Waals surface area contributed by atoms with E-state index in [0.29, 0.717) is 0 Å². The lowest BCUT2D eigenvalue weighted by molar-refractivity contribution is -0.117. The quantitative estimate of drug-likeness (QED) is 0.805. The summed E-state index contributed by atoms with van der Waals surface area (Å²) in [7, 11) is 0. The number of rotatable bonds is 6. The number of aromatic nitrogens is 2. The molecule has 0 bridgehead atoms. The molecule has 0 fully saturated rings. The van der Waals surface area contributed by atoms with Crippen LogP contribution in [0.4, 0.5) is 23.4 Å². The molecule has 1 aromatic heterocycles.